The fourth-order valence-corrected chi connectivity index (χ4v) is 2.40. The first kappa shape index (κ1) is 13.5. The maximum atomic E-state index is 11.7. The Morgan fingerprint density at radius 3 is 3.11 bits per heavy atom. The zero-order valence-corrected chi connectivity index (χ0v) is 11.7. The highest BCUT2D eigenvalue weighted by Gasteiger charge is 2.11. The zero-order chi connectivity index (χ0) is 13.7. The van der Waals surface area contributed by atoms with Crippen molar-refractivity contribution >= 4 is 23.3 Å². The first-order valence-electron chi connectivity index (χ1n) is 6.15. The molecule has 0 unspecified atom stereocenters. The van der Waals surface area contributed by atoms with Gasteiger partial charge in [0.15, 0.2) is 0 Å². The highest BCUT2D eigenvalue weighted by Crippen LogP contribution is 2.16. The summed E-state index contributed by atoms with van der Waals surface area (Å²) in [5.41, 5.74) is 0.904. The molecule has 4 nitrogen and oxygen atoms in total. The fraction of sp³-hybridized carbons (Fsp3) is 0.286. The molecule has 0 aromatic carbocycles. The number of carbonyl (C=O) groups excluding carboxylic acids is 1. The van der Waals surface area contributed by atoms with Crippen molar-refractivity contribution in [2.45, 2.75) is 26.3 Å². The van der Waals surface area contributed by atoms with Crippen molar-refractivity contribution < 1.29 is 9.21 Å². The second-order valence-electron chi connectivity index (χ2n) is 4.10. The largest absolute Gasteiger partial charge is 0.465 e. The van der Waals surface area contributed by atoms with Gasteiger partial charge in [-0.3, -0.25) is 4.79 Å². The number of carbonyl (C=O) groups is 1. The lowest BCUT2D eigenvalue weighted by Gasteiger charge is -2.09. The van der Waals surface area contributed by atoms with Gasteiger partial charge in [0.25, 0.3) is 0 Å². The molecule has 2 aromatic heterocycles. The molecule has 0 aliphatic rings. The average molecular weight is 276 g/mol. The van der Waals surface area contributed by atoms with Crippen molar-refractivity contribution in [1.82, 2.24) is 10.3 Å². The summed E-state index contributed by atoms with van der Waals surface area (Å²) in [4.78, 5) is 16.2. The predicted octanol–water partition coefficient (Wildman–Crippen LogP) is 3.19. The van der Waals surface area contributed by atoms with E-state index in [0.717, 1.165) is 17.1 Å². The summed E-state index contributed by atoms with van der Waals surface area (Å²) >= 11 is 1.62. The van der Waals surface area contributed by atoms with Crippen molar-refractivity contribution in [3.8, 4) is 0 Å². The van der Waals surface area contributed by atoms with Crippen LogP contribution in [0.2, 0.25) is 0 Å². The number of nitrogens with zero attached hydrogens (tertiary/aromatic N) is 1. The van der Waals surface area contributed by atoms with Gasteiger partial charge < -0.3 is 9.73 Å². The summed E-state index contributed by atoms with van der Waals surface area (Å²) in [6, 6.07) is 3.48. The molecule has 0 radical (unpaired) electrons. The van der Waals surface area contributed by atoms with E-state index < -0.39 is 0 Å². The van der Waals surface area contributed by atoms with Crippen LogP contribution in [0.1, 0.15) is 36.4 Å². The third kappa shape index (κ3) is 3.79. The van der Waals surface area contributed by atoms with E-state index in [9.17, 15) is 4.79 Å². The molecule has 2 heterocycles. The molecule has 19 heavy (non-hydrogen) atoms. The van der Waals surface area contributed by atoms with Crippen LogP contribution in [0.15, 0.2) is 34.3 Å². The summed E-state index contributed by atoms with van der Waals surface area (Å²) in [7, 11) is 0. The molecule has 1 amide bonds. The molecule has 0 spiro atoms. The van der Waals surface area contributed by atoms with Crippen LogP contribution in [0.25, 0.3) is 6.08 Å². The minimum absolute atomic E-state index is 0.0923. The summed E-state index contributed by atoms with van der Waals surface area (Å²) in [6.45, 7) is 3.99. The van der Waals surface area contributed by atoms with Gasteiger partial charge in [-0.25, -0.2) is 4.98 Å². The number of amides is 1. The van der Waals surface area contributed by atoms with E-state index >= 15 is 0 Å². The summed E-state index contributed by atoms with van der Waals surface area (Å²) in [6.07, 6.45) is 5.59. The normalized spacial score (nSPS) is 12.7. The Kier molecular flexibility index (Phi) is 4.52. The van der Waals surface area contributed by atoms with Gasteiger partial charge in [-0.05, 0) is 31.6 Å². The van der Waals surface area contributed by atoms with E-state index in [1.54, 1.807) is 35.8 Å². The Labute approximate surface area is 116 Å². The van der Waals surface area contributed by atoms with E-state index in [4.69, 9.17) is 4.42 Å². The van der Waals surface area contributed by atoms with Crippen LogP contribution in [0, 0.1) is 0 Å². The van der Waals surface area contributed by atoms with Crippen LogP contribution in [-0.2, 0) is 11.2 Å². The molecular formula is C14H16N2O2S. The lowest BCUT2D eigenvalue weighted by molar-refractivity contribution is -0.117. The molecule has 0 bridgehead atoms. The van der Waals surface area contributed by atoms with Crippen LogP contribution < -0.4 is 5.32 Å². The van der Waals surface area contributed by atoms with Crippen LogP contribution in [-0.4, -0.2) is 10.9 Å². The van der Waals surface area contributed by atoms with E-state index in [1.165, 1.54) is 6.08 Å². The Morgan fingerprint density at radius 2 is 2.47 bits per heavy atom. The van der Waals surface area contributed by atoms with Crippen LogP contribution >= 0.6 is 11.3 Å². The molecule has 0 saturated carbocycles. The van der Waals surface area contributed by atoms with E-state index in [0.29, 0.717) is 5.76 Å². The molecule has 0 aliphatic carbocycles. The Bertz CT molecular complexity index is 558. The molecule has 5 heteroatoms. The van der Waals surface area contributed by atoms with Crippen molar-refractivity contribution in [3.63, 3.8) is 0 Å². The maximum absolute atomic E-state index is 11.7. The van der Waals surface area contributed by atoms with Crippen molar-refractivity contribution in [2.75, 3.05) is 0 Å². The third-order valence-electron chi connectivity index (χ3n) is 2.62. The predicted molar refractivity (Wildman–Crippen MR) is 75.8 cm³/mol. The van der Waals surface area contributed by atoms with Gasteiger partial charge in [0.2, 0.25) is 5.91 Å². The summed E-state index contributed by atoms with van der Waals surface area (Å²) in [5.74, 6) is 0.500. The van der Waals surface area contributed by atoms with Crippen molar-refractivity contribution in [3.05, 3.63) is 46.3 Å². The number of aryl methyl sites for hydroxylation is 1. The molecule has 2 aromatic rings. The fourth-order valence-electron chi connectivity index (χ4n) is 1.57. The topological polar surface area (TPSA) is 55.1 Å². The number of rotatable bonds is 5. The van der Waals surface area contributed by atoms with Crippen LogP contribution in [0.3, 0.4) is 0 Å². The highest BCUT2D eigenvalue weighted by atomic mass is 32.1. The SMILES string of the molecule is CCc1nc([C@@H](C)NC(=O)/C=C\c2ccco2)cs1. The van der Waals surface area contributed by atoms with E-state index in [-0.39, 0.29) is 11.9 Å². The molecule has 0 saturated heterocycles. The van der Waals surface area contributed by atoms with Gasteiger partial charge in [-0.2, -0.15) is 0 Å². The lowest BCUT2D eigenvalue weighted by Crippen LogP contribution is -2.24. The molecule has 1 N–H and O–H groups in total. The minimum Gasteiger partial charge on any atom is -0.465 e. The number of aromatic nitrogens is 1. The molecule has 2 rings (SSSR count). The standard InChI is InChI=1S/C14H16N2O2S/c1-3-14-16-12(9-19-14)10(2)15-13(17)7-6-11-5-4-8-18-11/h4-10H,3H2,1-2H3,(H,15,17)/b7-6-/t10-/m1/s1. The number of furan rings is 1. The monoisotopic (exact) mass is 276 g/mol. The second-order valence-corrected chi connectivity index (χ2v) is 5.04. The van der Waals surface area contributed by atoms with Crippen LogP contribution in [0.4, 0.5) is 0 Å². The molecule has 100 valence electrons. The number of nitrogens with one attached hydrogen (secondary N) is 1. The molecule has 1 atom stereocenters. The quantitative estimate of drug-likeness (QED) is 0.853. The van der Waals surface area contributed by atoms with Crippen molar-refractivity contribution in [2.24, 2.45) is 0 Å². The Hall–Kier alpha value is -1.88. The smallest absolute Gasteiger partial charge is 0.244 e. The van der Waals surface area contributed by atoms with Crippen molar-refractivity contribution in [1.29, 1.82) is 0 Å². The Morgan fingerprint density at radius 1 is 1.63 bits per heavy atom. The Balaban J connectivity index is 1.91. The van der Waals surface area contributed by atoms with Gasteiger partial charge >= 0.3 is 0 Å². The molecular weight excluding hydrogens is 260 g/mol. The second kappa shape index (κ2) is 6.33. The number of thiazole rings is 1. The zero-order valence-electron chi connectivity index (χ0n) is 10.9. The van der Waals surface area contributed by atoms with Gasteiger partial charge in [0, 0.05) is 11.5 Å². The van der Waals surface area contributed by atoms with E-state index in [1.807, 2.05) is 12.3 Å². The summed E-state index contributed by atoms with van der Waals surface area (Å²) in [5, 5.41) is 5.94. The minimum atomic E-state index is -0.157. The van der Waals surface area contributed by atoms with E-state index in [2.05, 4.69) is 17.2 Å². The number of hydrogen-bond donors (Lipinski definition) is 1. The average Bonchev–Trinajstić information content (AvgIpc) is 3.07. The van der Waals surface area contributed by atoms with Gasteiger partial charge in [-0.1, -0.05) is 6.92 Å². The summed E-state index contributed by atoms with van der Waals surface area (Å²) < 4.78 is 5.11. The lowest BCUT2D eigenvalue weighted by atomic mass is 10.2. The first-order valence-corrected chi connectivity index (χ1v) is 7.03. The van der Waals surface area contributed by atoms with Crippen LogP contribution in [0.5, 0.6) is 0 Å². The molecule has 0 aliphatic heterocycles. The van der Waals surface area contributed by atoms with Gasteiger partial charge in [0.1, 0.15) is 5.76 Å². The maximum Gasteiger partial charge on any atom is 0.244 e. The molecule has 0 fully saturated rings. The van der Waals surface area contributed by atoms with Gasteiger partial charge in [0.05, 0.1) is 23.0 Å². The highest BCUT2D eigenvalue weighted by molar-refractivity contribution is 7.09. The van der Waals surface area contributed by atoms with Gasteiger partial charge in [-0.15, -0.1) is 11.3 Å². The third-order valence-corrected chi connectivity index (χ3v) is 3.63. The first-order chi connectivity index (χ1) is 9.19. The number of hydrogen-bond acceptors (Lipinski definition) is 4.